The number of aliphatic hydroxyl groups excluding tert-OH is 1. The van der Waals surface area contributed by atoms with Crippen molar-refractivity contribution in [2.75, 3.05) is 12.0 Å². The third-order valence-corrected chi connectivity index (χ3v) is 8.07. The Morgan fingerprint density at radius 3 is 2.38 bits per heavy atom. The number of carbonyl (C=O) groups is 2. The van der Waals surface area contributed by atoms with Crippen molar-refractivity contribution >= 4 is 35.2 Å². The highest BCUT2D eigenvalue weighted by atomic mass is 35.5. The minimum absolute atomic E-state index is 0.0892. The Hall–Kier alpha value is -2.80. The van der Waals surface area contributed by atoms with E-state index in [1.54, 1.807) is 12.1 Å². The molecule has 3 aromatic carbocycles. The number of benzene rings is 3. The molecule has 2 unspecified atom stereocenters. The highest BCUT2D eigenvalue weighted by Gasteiger charge is 2.25. The van der Waals surface area contributed by atoms with E-state index >= 15 is 0 Å². The first-order chi connectivity index (χ1) is 18.8. The number of amides is 1. The molecule has 0 fully saturated rings. The van der Waals surface area contributed by atoms with Gasteiger partial charge in [0.25, 0.3) is 5.91 Å². The fourth-order valence-electron chi connectivity index (χ4n) is 4.86. The van der Waals surface area contributed by atoms with Crippen LogP contribution in [0.3, 0.4) is 0 Å². The number of carboxylic acids is 1. The molecule has 0 spiro atoms. The molecular formula is C32H38ClNO4S. The van der Waals surface area contributed by atoms with Crippen molar-refractivity contribution in [3.05, 3.63) is 94.0 Å². The molecule has 39 heavy (non-hydrogen) atoms. The first-order valence-corrected chi connectivity index (χ1v) is 15.2. The van der Waals surface area contributed by atoms with Crippen LogP contribution in [0, 0.1) is 6.92 Å². The van der Waals surface area contributed by atoms with Crippen molar-refractivity contribution in [3.8, 4) is 11.1 Å². The summed E-state index contributed by atoms with van der Waals surface area (Å²) in [6.07, 6.45) is 4.95. The molecule has 0 aliphatic carbocycles. The van der Waals surface area contributed by atoms with Crippen molar-refractivity contribution in [2.45, 2.75) is 64.0 Å². The van der Waals surface area contributed by atoms with E-state index < -0.39 is 24.0 Å². The molecule has 0 bridgehead atoms. The van der Waals surface area contributed by atoms with Crippen molar-refractivity contribution < 1.29 is 19.8 Å². The molecule has 0 saturated heterocycles. The highest BCUT2D eigenvalue weighted by molar-refractivity contribution is 7.98. The molecule has 3 rings (SSSR count). The lowest BCUT2D eigenvalue weighted by atomic mass is 9.85. The zero-order valence-corrected chi connectivity index (χ0v) is 24.4. The number of nitrogens with one attached hydrogen (secondary N) is 1. The third-order valence-electron chi connectivity index (χ3n) is 7.08. The summed E-state index contributed by atoms with van der Waals surface area (Å²) >= 11 is 8.07. The van der Waals surface area contributed by atoms with Crippen LogP contribution in [0.5, 0.6) is 0 Å². The SMILES string of the molecule is CCCCC(CC(O)c1ccc(C(=O)N[C@@H](CCSC)C(=O)O)c(-c2ccccc2C)c1)c1ccccc1Cl. The summed E-state index contributed by atoms with van der Waals surface area (Å²) in [5, 5.41) is 24.4. The van der Waals surface area contributed by atoms with E-state index in [1.807, 2.05) is 67.8 Å². The summed E-state index contributed by atoms with van der Waals surface area (Å²) in [6.45, 7) is 4.12. The first-order valence-electron chi connectivity index (χ1n) is 13.4. The van der Waals surface area contributed by atoms with Crippen LogP contribution in [0.1, 0.15) is 78.1 Å². The highest BCUT2D eigenvalue weighted by Crippen LogP contribution is 2.37. The van der Waals surface area contributed by atoms with E-state index in [0.29, 0.717) is 40.3 Å². The van der Waals surface area contributed by atoms with E-state index in [0.717, 1.165) is 36.0 Å². The van der Waals surface area contributed by atoms with Gasteiger partial charge in [0, 0.05) is 10.6 Å². The topological polar surface area (TPSA) is 86.6 Å². The number of aliphatic hydroxyl groups is 1. The standard InChI is InChI=1S/C32H38ClNO4S/c1-4-5-11-22(25-13-8-9-14-28(25)33)20-30(35)23-15-16-26(27(19-23)24-12-7-6-10-21(24)2)31(36)34-29(32(37)38)17-18-39-3/h6-10,12-16,19,22,29-30,35H,4-5,11,17-18,20H2,1-3H3,(H,34,36)(H,37,38)/t22?,29-,30?/m0/s1. The van der Waals surface area contributed by atoms with Gasteiger partial charge >= 0.3 is 5.97 Å². The predicted octanol–water partition coefficient (Wildman–Crippen LogP) is 7.65. The molecule has 0 aliphatic heterocycles. The number of unbranched alkanes of at least 4 members (excludes halogenated alkanes) is 1. The number of rotatable bonds is 14. The summed E-state index contributed by atoms with van der Waals surface area (Å²) in [5.74, 6) is -0.789. The maximum absolute atomic E-state index is 13.4. The third kappa shape index (κ3) is 8.34. The first kappa shape index (κ1) is 30.7. The number of hydrogen-bond donors (Lipinski definition) is 3. The molecule has 3 atom stereocenters. The Morgan fingerprint density at radius 1 is 1.00 bits per heavy atom. The van der Waals surface area contributed by atoms with E-state index in [4.69, 9.17) is 11.6 Å². The Bertz CT molecular complexity index is 1260. The average molecular weight is 568 g/mol. The van der Waals surface area contributed by atoms with Gasteiger partial charge in [-0.15, -0.1) is 0 Å². The minimum atomic E-state index is -1.06. The van der Waals surface area contributed by atoms with Crippen LogP contribution in [0.25, 0.3) is 11.1 Å². The monoisotopic (exact) mass is 567 g/mol. The summed E-state index contributed by atoms with van der Waals surface area (Å²) in [7, 11) is 0. The minimum Gasteiger partial charge on any atom is -0.480 e. The van der Waals surface area contributed by atoms with Crippen LogP contribution in [-0.4, -0.2) is 40.1 Å². The van der Waals surface area contributed by atoms with Gasteiger partial charge < -0.3 is 15.5 Å². The second kappa shape index (κ2) is 15.1. The molecule has 0 heterocycles. The second-order valence-electron chi connectivity index (χ2n) is 9.88. The summed E-state index contributed by atoms with van der Waals surface area (Å²) in [6, 6.07) is 19.9. The molecule has 5 nitrogen and oxygen atoms in total. The molecule has 0 aliphatic rings. The fourth-order valence-corrected chi connectivity index (χ4v) is 5.62. The summed E-state index contributed by atoms with van der Waals surface area (Å²) < 4.78 is 0. The molecule has 0 radical (unpaired) electrons. The lowest BCUT2D eigenvalue weighted by Gasteiger charge is -2.23. The molecule has 3 N–H and O–H groups in total. The van der Waals surface area contributed by atoms with Gasteiger partial charge in [-0.25, -0.2) is 4.79 Å². The van der Waals surface area contributed by atoms with Crippen LogP contribution < -0.4 is 5.32 Å². The summed E-state index contributed by atoms with van der Waals surface area (Å²) in [4.78, 5) is 25.1. The predicted molar refractivity (Wildman–Crippen MR) is 162 cm³/mol. The molecule has 7 heteroatoms. The number of halogens is 1. The maximum atomic E-state index is 13.4. The molecule has 208 valence electrons. The van der Waals surface area contributed by atoms with Crippen LogP contribution in [0.15, 0.2) is 66.7 Å². The van der Waals surface area contributed by atoms with Crippen molar-refractivity contribution in [1.29, 1.82) is 0 Å². The van der Waals surface area contributed by atoms with E-state index in [1.165, 1.54) is 11.8 Å². The number of thioether (sulfide) groups is 1. The van der Waals surface area contributed by atoms with Crippen molar-refractivity contribution in [1.82, 2.24) is 5.32 Å². The fraction of sp³-hybridized carbons (Fsp3) is 0.375. The van der Waals surface area contributed by atoms with Crippen LogP contribution in [0.2, 0.25) is 5.02 Å². The van der Waals surface area contributed by atoms with Gasteiger partial charge in [-0.2, -0.15) is 11.8 Å². The van der Waals surface area contributed by atoms with Gasteiger partial charge in [0.2, 0.25) is 0 Å². The van der Waals surface area contributed by atoms with Crippen molar-refractivity contribution in [2.24, 2.45) is 0 Å². The Balaban J connectivity index is 1.97. The van der Waals surface area contributed by atoms with Gasteiger partial charge in [-0.3, -0.25) is 4.79 Å². The number of hydrogen-bond acceptors (Lipinski definition) is 4. The number of aliphatic carboxylic acids is 1. The number of carbonyl (C=O) groups excluding carboxylic acids is 1. The second-order valence-corrected chi connectivity index (χ2v) is 11.3. The number of aryl methyl sites for hydroxylation is 1. The molecule has 3 aromatic rings. The number of carboxylic acid groups (broad SMARTS) is 1. The molecule has 0 aromatic heterocycles. The zero-order chi connectivity index (χ0) is 28.4. The van der Waals surface area contributed by atoms with E-state index in [-0.39, 0.29) is 5.92 Å². The van der Waals surface area contributed by atoms with Gasteiger partial charge in [-0.05, 0) is 90.1 Å². The zero-order valence-electron chi connectivity index (χ0n) is 22.8. The van der Waals surface area contributed by atoms with Crippen LogP contribution >= 0.6 is 23.4 Å². The van der Waals surface area contributed by atoms with E-state index in [9.17, 15) is 19.8 Å². The maximum Gasteiger partial charge on any atom is 0.326 e. The lowest BCUT2D eigenvalue weighted by molar-refractivity contribution is -0.139. The Labute approximate surface area is 241 Å². The largest absolute Gasteiger partial charge is 0.480 e. The Kier molecular flexibility index (Phi) is 11.9. The lowest BCUT2D eigenvalue weighted by Crippen LogP contribution is -2.41. The van der Waals surface area contributed by atoms with Crippen molar-refractivity contribution in [3.63, 3.8) is 0 Å². The smallest absolute Gasteiger partial charge is 0.326 e. The molecular weight excluding hydrogens is 530 g/mol. The van der Waals surface area contributed by atoms with Gasteiger partial charge in [0.15, 0.2) is 0 Å². The molecule has 1 amide bonds. The quantitative estimate of drug-likeness (QED) is 0.186. The van der Waals surface area contributed by atoms with Gasteiger partial charge in [-0.1, -0.05) is 79.9 Å². The van der Waals surface area contributed by atoms with Gasteiger partial charge in [0.05, 0.1) is 6.10 Å². The van der Waals surface area contributed by atoms with Gasteiger partial charge in [0.1, 0.15) is 6.04 Å². The molecule has 0 saturated carbocycles. The summed E-state index contributed by atoms with van der Waals surface area (Å²) in [5.41, 5.74) is 4.62. The van der Waals surface area contributed by atoms with Crippen LogP contribution in [0.4, 0.5) is 0 Å². The Morgan fingerprint density at radius 2 is 1.72 bits per heavy atom. The van der Waals surface area contributed by atoms with Crippen LogP contribution in [-0.2, 0) is 4.79 Å². The average Bonchev–Trinajstić information content (AvgIpc) is 2.93. The van der Waals surface area contributed by atoms with E-state index in [2.05, 4.69) is 12.2 Å². The normalized spacial score (nSPS) is 13.5.